The number of hydrogen-bond donors (Lipinski definition) is 1. The third-order valence-electron chi connectivity index (χ3n) is 4.28. The number of nitrogens with one attached hydrogen (secondary N) is 1. The van der Waals surface area contributed by atoms with Crippen LogP contribution < -0.4 is 5.32 Å². The second kappa shape index (κ2) is 8.08. The van der Waals surface area contributed by atoms with E-state index < -0.39 is 10.8 Å². The van der Waals surface area contributed by atoms with E-state index in [9.17, 15) is 9.00 Å². The molecule has 0 saturated carbocycles. The van der Waals surface area contributed by atoms with Crippen LogP contribution in [0.3, 0.4) is 0 Å². The molecule has 2 rings (SSSR count). The molecule has 1 aromatic rings. The molecule has 0 spiro atoms. The van der Waals surface area contributed by atoms with E-state index in [2.05, 4.69) is 34.0 Å². The Hall–Kier alpha value is -0.920. The molecule has 1 fully saturated rings. The Balaban J connectivity index is 1.77. The van der Waals surface area contributed by atoms with Gasteiger partial charge in [0, 0.05) is 61.1 Å². The third kappa shape index (κ3) is 4.54. The average Bonchev–Trinajstić information content (AvgIpc) is 3.06. The molecule has 1 aliphatic rings. The number of carbonyl (C=O) groups is 1. The molecule has 1 aromatic heterocycles. The second-order valence-corrected chi connectivity index (χ2v) is 8.33. The predicted molar refractivity (Wildman–Crippen MR) is 92.8 cm³/mol. The lowest BCUT2D eigenvalue weighted by Crippen LogP contribution is -2.52. The van der Waals surface area contributed by atoms with Gasteiger partial charge in [-0.05, 0) is 36.2 Å². The van der Waals surface area contributed by atoms with E-state index in [4.69, 9.17) is 0 Å². The largest absolute Gasteiger partial charge is 0.337 e. The topological polar surface area (TPSA) is 52.6 Å². The minimum Gasteiger partial charge on any atom is -0.337 e. The van der Waals surface area contributed by atoms with Crippen LogP contribution in [-0.2, 0) is 10.8 Å². The van der Waals surface area contributed by atoms with Gasteiger partial charge in [0.1, 0.15) is 0 Å². The van der Waals surface area contributed by atoms with Crippen molar-refractivity contribution in [1.29, 1.82) is 0 Å². The lowest BCUT2D eigenvalue weighted by Gasteiger charge is -2.38. The molecular formula is C15H25N3O2S2. The Kier molecular flexibility index (Phi) is 6.40. The molecule has 22 heavy (non-hydrogen) atoms. The van der Waals surface area contributed by atoms with Gasteiger partial charge in [-0.3, -0.25) is 9.11 Å². The summed E-state index contributed by atoms with van der Waals surface area (Å²) in [4.78, 5) is 16.4. The Morgan fingerprint density at radius 2 is 2.05 bits per heavy atom. The van der Waals surface area contributed by atoms with E-state index in [1.165, 1.54) is 5.56 Å². The van der Waals surface area contributed by atoms with Crippen LogP contribution in [0.1, 0.15) is 25.5 Å². The Bertz CT molecular complexity index is 499. The number of carbonyl (C=O) groups excluding carboxylic acids is 1. The fraction of sp³-hybridized carbons (Fsp3) is 0.667. The minimum atomic E-state index is -0.901. The molecule has 0 radical (unpaired) electrons. The van der Waals surface area contributed by atoms with Gasteiger partial charge in [-0.25, -0.2) is 4.79 Å². The predicted octanol–water partition coefficient (Wildman–Crippen LogP) is 1.90. The Morgan fingerprint density at radius 1 is 1.36 bits per heavy atom. The highest BCUT2D eigenvalue weighted by Gasteiger charge is 2.25. The highest BCUT2D eigenvalue weighted by Crippen LogP contribution is 2.23. The molecule has 7 heteroatoms. The highest BCUT2D eigenvalue weighted by atomic mass is 32.2. The van der Waals surface area contributed by atoms with Crippen molar-refractivity contribution < 1.29 is 9.00 Å². The van der Waals surface area contributed by atoms with Crippen LogP contribution >= 0.6 is 11.3 Å². The first-order valence-electron chi connectivity index (χ1n) is 7.60. The molecule has 0 bridgehead atoms. The van der Waals surface area contributed by atoms with E-state index >= 15 is 0 Å². The molecule has 0 aliphatic carbocycles. The van der Waals surface area contributed by atoms with Crippen LogP contribution in [0.15, 0.2) is 16.8 Å². The Labute approximate surface area is 139 Å². The van der Waals surface area contributed by atoms with Gasteiger partial charge in [-0.2, -0.15) is 11.3 Å². The first-order chi connectivity index (χ1) is 10.5. The number of nitrogens with zero attached hydrogens (tertiary/aromatic N) is 2. The number of amides is 2. The maximum absolute atomic E-state index is 12.1. The molecular weight excluding hydrogens is 318 g/mol. The summed E-state index contributed by atoms with van der Waals surface area (Å²) in [5.74, 6) is 0. The molecule has 1 saturated heterocycles. The summed E-state index contributed by atoms with van der Waals surface area (Å²) in [6.07, 6.45) is 1.67. The maximum Gasteiger partial charge on any atom is 0.317 e. The van der Waals surface area contributed by atoms with Gasteiger partial charge in [-0.1, -0.05) is 0 Å². The number of thiophene rings is 1. The number of rotatable bonds is 5. The SMILES string of the molecule is CC(c1ccsc1)N1CCN(C(=O)NCC(C)S(C)=O)CC1. The zero-order valence-electron chi connectivity index (χ0n) is 13.4. The number of hydrogen-bond acceptors (Lipinski definition) is 4. The molecule has 3 unspecified atom stereocenters. The maximum atomic E-state index is 12.1. The molecule has 2 amide bonds. The van der Waals surface area contributed by atoms with E-state index in [0.717, 1.165) is 26.2 Å². The smallest absolute Gasteiger partial charge is 0.317 e. The quantitative estimate of drug-likeness (QED) is 0.888. The zero-order chi connectivity index (χ0) is 16.1. The lowest BCUT2D eigenvalue weighted by molar-refractivity contribution is 0.114. The van der Waals surface area contributed by atoms with Crippen molar-refractivity contribution in [2.45, 2.75) is 25.1 Å². The van der Waals surface area contributed by atoms with Crippen molar-refractivity contribution in [2.75, 3.05) is 39.0 Å². The molecule has 124 valence electrons. The molecule has 0 aromatic carbocycles. The van der Waals surface area contributed by atoms with Gasteiger partial charge in [0.15, 0.2) is 0 Å². The van der Waals surface area contributed by atoms with Crippen LogP contribution in [0.4, 0.5) is 4.79 Å². The van der Waals surface area contributed by atoms with Crippen molar-refractivity contribution in [3.8, 4) is 0 Å². The van der Waals surface area contributed by atoms with Gasteiger partial charge >= 0.3 is 6.03 Å². The van der Waals surface area contributed by atoms with Crippen molar-refractivity contribution in [2.24, 2.45) is 0 Å². The lowest BCUT2D eigenvalue weighted by atomic mass is 10.1. The van der Waals surface area contributed by atoms with Crippen LogP contribution in [-0.4, -0.2) is 64.3 Å². The van der Waals surface area contributed by atoms with Crippen LogP contribution in [0.5, 0.6) is 0 Å². The summed E-state index contributed by atoms with van der Waals surface area (Å²) in [7, 11) is -0.901. The van der Waals surface area contributed by atoms with Crippen molar-refractivity contribution in [3.05, 3.63) is 22.4 Å². The number of urea groups is 1. The Morgan fingerprint density at radius 3 is 2.59 bits per heavy atom. The fourth-order valence-corrected chi connectivity index (χ4v) is 3.56. The van der Waals surface area contributed by atoms with Crippen molar-refractivity contribution in [1.82, 2.24) is 15.1 Å². The molecule has 1 N–H and O–H groups in total. The van der Waals surface area contributed by atoms with E-state index in [-0.39, 0.29) is 11.3 Å². The standard InChI is InChI=1S/C15H25N3O2S2/c1-12(22(3)20)10-16-15(19)18-7-5-17(6-8-18)13(2)14-4-9-21-11-14/h4,9,11-13H,5-8,10H2,1-3H3,(H,16,19). The summed E-state index contributed by atoms with van der Waals surface area (Å²) >= 11 is 1.72. The van der Waals surface area contributed by atoms with Gasteiger partial charge in [-0.15, -0.1) is 0 Å². The van der Waals surface area contributed by atoms with Crippen LogP contribution in [0, 0.1) is 0 Å². The summed E-state index contributed by atoms with van der Waals surface area (Å²) in [5.41, 5.74) is 1.35. The van der Waals surface area contributed by atoms with Gasteiger partial charge in [0.25, 0.3) is 0 Å². The monoisotopic (exact) mass is 343 g/mol. The third-order valence-corrected chi connectivity index (χ3v) is 6.28. The second-order valence-electron chi connectivity index (χ2n) is 5.75. The molecule has 3 atom stereocenters. The molecule has 5 nitrogen and oxygen atoms in total. The van der Waals surface area contributed by atoms with Crippen molar-refractivity contribution >= 4 is 28.2 Å². The highest BCUT2D eigenvalue weighted by molar-refractivity contribution is 7.84. The van der Waals surface area contributed by atoms with Gasteiger partial charge in [0.05, 0.1) is 0 Å². The van der Waals surface area contributed by atoms with Crippen molar-refractivity contribution in [3.63, 3.8) is 0 Å². The first-order valence-corrected chi connectivity index (χ1v) is 10.2. The number of piperazine rings is 1. The first kappa shape index (κ1) is 17.4. The summed E-state index contributed by atoms with van der Waals surface area (Å²) < 4.78 is 11.3. The van der Waals surface area contributed by atoms with Gasteiger partial charge in [0.2, 0.25) is 0 Å². The van der Waals surface area contributed by atoms with E-state index in [0.29, 0.717) is 12.6 Å². The molecule has 2 heterocycles. The fourth-order valence-electron chi connectivity index (χ4n) is 2.50. The van der Waals surface area contributed by atoms with Crippen LogP contribution in [0.2, 0.25) is 0 Å². The summed E-state index contributed by atoms with van der Waals surface area (Å²) in [5, 5.41) is 7.17. The average molecular weight is 344 g/mol. The summed E-state index contributed by atoms with van der Waals surface area (Å²) in [6, 6.07) is 2.53. The zero-order valence-corrected chi connectivity index (χ0v) is 15.1. The van der Waals surface area contributed by atoms with Crippen LogP contribution in [0.25, 0.3) is 0 Å². The normalized spacial score (nSPS) is 20.4. The summed E-state index contributed by atoms with van der Waals surface area (Å²) in [6.45, 7) is 7.83. The van der Waals surface area contributed by atoms with E-state index in [1.807, 2.05) is 11.8 Å². The van der Waals surface area contributed by atoms with E-state index in [1.54, 1.807) is 17.6 Å². The molecule has 1 aliphatic heterocycles. The van der Waals surface area contributed by atoms with Gasteiger partial charge < -0.3 is 10.2 Å². The minimum absolute atomic E-state index is 0.0103.